The summed E-state index contributed by atoms with van der Waals surface area (Å²) in [7, 11) is -2.80. The Morgan fingerprint density at radius 2 is 1.82 bits per heavy atom. The van der Waals surface area contributed by atoms with E-state index in [2.05, 4.69) is 20.9 Å². The largest absolute Gasteiger partial charge is 0.242 e. The van der Waals surface area contributed by atoms with Crippen LogP contribution in [0.3, 0.4) is 0 Å². The van der Waals surface area contributed by atoms with Gasteiger partial charge in [0.2, 0.25) is 9.05 Å². The maximum atomic E-state index is 11.7. The smallest absolute Gasteiger partial charge is 0.233 e. The fourth-order valence-corrected chi connectivity index (χ4v) is 4.92. The molecule has 0 fully saturated rings. The first-order valence-corrected chi connectivity index (χ1v) is 9.38. The van der Waals surface area contributed by atoms with Gasteiger partial charge in [-0.2, -0.15) is 0 Å². The maximum Gasteiger partial charge on any atom is 0.233 e. The van der Waals surface area contributed by atoms with Gasteiger partial charge in [0.25, 0.3) is 0 Å². The molecule has 0 N–H and O–H groups in total. The molecule has 0 aromatic carbocycles. The molecule has 17 heavy (non-hydrogen) atoms. The van der Waals surface area contributed by atoms with Crippen molar-refractivity contribution in [3.05, 3.63) is 21.8 Å². The van der Waals surface area contributed by atoms with Crippen LogP contribution in [-0.4, -0.2) is 33.3 Å². The minimum atomic E-state index is -3.87. The molecule has 1 heterocycles. The highest BCUT2D eigenvalue weighted by molar-refractivity contribution is 9.10. The number of aromatic nitrogens is 1. The number of hydrogen-bond acceptors (Lipinski definition) is 5. The Hall–Kier alpha value is 0.110. The summed E-state index contributed by atoms with van der Waals surface area (Å²) in [5.74, 6) is -1.35. The molecule has 10 heteroatoms. The van der Waals surface area contributed by atoms with Gasteiger partial charge in [-0.3, -0.25) is 0 Å². The maximum absolute atomic E-state index is 11.7. The van der Waals surface area contributed by atoms with Gasteiger partial charge in [0.05, 0.1) is 16.5 Å². The SMILES string of the molecule is O=S(=O)(Cl)CCS(=O)(=O)c1ncc(Br)cc1Cl. The third-order valence-corrected chi connectivity index (χ3v) is 5.57. The number of nitrogens with zero attached hydrogens (tertiary/aromatic N) is 1. The van der Waals surface area contributed by atoms with Crippen LogP contribution in [0.1, 0.15) is 0 Å². The van der Waals surface area contributed by atoms with Gasteiger partial charge in [0.15, 0.2) is 14.9 Å². The van der Waals surface area contributed by atoms with Gasteiger partial charge in [-0.15, -0.1) is 0 Å². The van der Waals surface area contributed by atoms with Crippen LogP contribution in [-0.2, 0) is 18.9 Å². The van der Waals surface area contributed by atoms with Crippen molar-refractivity contribution in [2.45, 2.75) is 5.03 Å². The molecule has 0 radical (unpaired) electrons. The second-order valence-electron chi connectivity index (χ2n) is 3.00. The molecule has 0 atom stereocenters. The van der Waals surface area contributed by atoms with E-state index >= 15 is 0 Å². The van der Waals surface area contributed by atoms with E-state index in [1.807, 2.05) is 0 Å². The van der Waals surface area contributed by atoms with Gasteiger partial charge < -0.3 is 0 Å². The van der Waals surface area contributed by atoms with E-state index in [4.69, 9.17) is 22.3 Å². The van der Waals surface area contributed by atoms with Gasteiger partial charge in [0, 0.05) is 21.4 Å². The highest BCUT2D eigenvalue weighted by atomic mass is 79.9. The number of pyridine rings is 1. The quantitative estimate of drug-likeness (QED) is 0.742. The summed E-state index contributed by atoms with van der Waals surface area (Å²) in [6.07, 6.45) is 1.26. The fraction of sp³-hybridized carbons (Fsp3) is 0.286. The van der Waals surface area contributed by atoms with Crippen molar-refractivity contribution in [3.8, 4) is 0 Å². The lowest BCUT2D eigenvalue weighted by atomic mass is 10.5. The lowest BCUT2D eigenvalue weighted by Crippen LogP contribution is -2.15. The van der Waals surface area contributed by atoms with Crippen LogP contribution in [0.2, 0.25) is 5.02 Å². The minimum absolute atomic E-state index is 0.0775. The molecule has 0 aliphatic carbocycles. The second-order valence-corrected chi connectivity index (χ2v) is 9.25. The molecule has 96 valence electrons. The van der Waals surface area contributed by atoms with Crippen molar-refractivity contribution in [2.75, 3.05) is 11.5 Å². The molecule has 0 amide bonds. The Balaban J connectivity index is 3.06. The minimum Gasteiger partial charge on any atom is -0.242 e. The van der Waals surface area contributed by atoms with Crippen LogP contribution in [0.25, 0.3) is 0 Å². The Morgan fingerprint density at radius 3 is 2.29 bits per heavy atom. The summed E-state index contributed by atoms with van der Waals surface area (Å²) in [5.41, 5.74) is 0. The third-order valence-electron chi connectivity index (χ3n) is 1.66. The Bertz CT molecular complexity index is 629. The zero-order chi connectivity index (χ0) is 13.3. The van der Waals surface area contributed by atoms with Gasteiger partial charge >= 0.3 is 0 Å². The molecule has 0 aliphatic rings. The van der Waals surface area contributed by atoms with Crippen molar-refractivity contribution < 1.29 is 16.8 Å². The van der Waals surface area contributed by atoms with E-state index in [0.29, 0.717) is 4.47 Å². The molecule has 0 aliphatic heterocycles. The van der Waals surface area contributed by atoms with Crippen LogP contribution < -0.4 is 0 Å². The molecule has 0 saturated carbocycles. The first-order valence-electron chi connectivity index (χ1n) is 4.08. The first-order chi connectivity index (χ1) is 7.62. The van der Waals surface area contributed by atoms with E-state index in [9.17, 15) is 16.8 Å². The van der Waals surface area contributed by atoms with Crippen molar-refractivity contribution in [1.82, 2.24) is 4.98 Å². The van der Waals surface area contributed by atoms with E-state index < -0.39 is 30.4 Å². The number of sulfone groups is 1. The Kier molecular flexibility index (Phi) is 4.81. The van der Waals surface area contributed by atoms with Crippen LogP contribution in [0, 0.1) is 0 Å². The monoisotopic (exact) mass is 381 g/mol. The normalized spacial score (nSPS) is 12.6. The molecule has 1 aromatic heterocycles. The van der Waals surface area contributed by atoms with Gasteiger partial charge in [-0.1, -0.05) is 11.6 Å². The van der Waals surface area contributed by atoms with Crippen LogP contribution in [0.5, 0.6) is 0 Å². The average molecular weight is 383 g/mol. The number of hydrogen-bond donors (Lipinski definition) is 0. The predicted molar refractivity (Wildman–Crippen MR) is 68.6 cm³/mol. The summed E-state index contributed by atoms with van der Waals surface area (Å²) >= 11 is 8.78. The molecule has 1 rings (SSSR count). The summed E-state index contributed by atoms with van der Waals surface area (Å²) in [5, 5.41) is -0.436. The molecular weight excluding hydrogens is 377 g/mol. The zero-order valence-corrected chi connectivity index (χ0v) is 12.8. The van der Waals surface area contributed by atoms with Crippen LogP contribution in [0.15, 0.2) is 21.8 Å². The molecule has 0 unspecified atom stereocenters. The first kappa shape index (κ1) is 15.2. The number of halogens is 3. The van der Waals surface area contributed by atoms with E-state index in [1.54, 1.807) is 0 Å². The van der Waals surface area contributed by atoms with Crippen LogP contribution in [0.4, 0.5) is 0 Å². The molecule has 0 spiro atoms. The van der Waals surface area contributed by atoms with Gasteiger partial charge in [-0.25, -0.2) is 21.8 Å². The Morgan fingerprint density at radius 1 is 1.24 bits per heavy atom. The van der Waals surface area contributed by atoms with E-state index in [0.717, 1.165) is 0 Å². The predicted octanol–water partition coefficient (Wildman–Crippen LogP) is 1.84. The molecule has 0 bridgehead atoms. The average Bonchev–Trinajstić information content (AvgIpc) is 2.13. The zero-order valence-electron chi connectivity index (χ0n) is 8.10. The van der Waals surface area contributed by atoms with E-state index in [-0.39, 0.29) is 10.0 Å². The highest BCUT2D eigenvalue weighted by Crippen LogP contribution is 2.23. The topological polar surface area (TPSA) is 81.2 Å². The summed E-state index contributed by atoms with van der Waals surface area (Å²) in [4.78, 5) is 3.65. The molecular formula is C7H6BrCl2NO4S2. The standard InChI is InChI=1S/C7H6BrCl2NO4S2/c8-5-3-6(9)7(11-4-5)16(12,13)1-2-17(10,14)15/h3-4H,1-2H2. The van der Waals surface area contributed by atoms with Gasteiger partial charge in [-0.05, 0) is 22.0 Å². The summed E-state index contributed by atoms with van der Waals surface area (Å²) in [6, 6.07) is 1.36. The third kappa shape index (κ3) is 4.70. The van der Waals surface area contributed by atoms with Crippen molar-refractivity contribution >= 4 is 57.1 Å². The Labute approximate surface area is 117 Å². The lowest BCUT2D eigenvalue weighted by Gasteiger charge is -2.04. The van der Waals surface area contributed by atoms with Crippen LogP contribution >= 0.6 is 38.2 Å². The number of rotatable bonds is 4. The fourth-order valence-electron chi connectivity index (χ4n) is 0.937. The summed E-state index contributed by atoms with van der Waals surface area (Å²) in [6.45, 7) is 0. The highest BCUT2D eigenvalue weighted by Gasteiger charge is 2.22. The second kappa shape index (κ2) is 5.40. The van der Waals surface area contributed by atoms with Crippen molar-refractivity contribution in [3.63, 3.8) is 0 Å². The van der Waals surface area contributed by atoms with E-state index in [1.165, 1.54) is 12.3 Å². The van der Waals surface area contributed by atoms with Crippen molar-refractivity contribution in [1.29, 1.82) is 0 Å². The molecule has 0 saturated heterocycles. The summed E-state index contributed by atoms with van der Waals surface area (Å²) < 4.78 is 45.3. The van der Waals surface area contributed by atoms with Gasteiger partial charge in [0.1, 0.15) is 0 Å². The molecule has 5 nitrogen and oxygen atoms in total. The lowest BCUT2D eigenvalue weighted by molar-refractivity contribution is 0.589. The molecule has 1 aromatic rings. The van der Waals surface area contributed by atoms with Crippen molar-refractivity contribution in [2.24, 2.45) is 0 Å².